The molecule has 4 nitrogen and oxygen atoms in total. The van der Waals surface area contributed by atoms with Gasteiger partial charge in [0.05, 0.1) is 0 Å². The number of para-hydroxylation sites is 1. The normalized spacial score (nSPS) is 11.2. The molecule has 0 aliphatic rings. The van der Waals surface area contributed by atoms with Gasteiger partial charge in [-0.25, -0.2) is 14.3 Å². The van der Waals surface area contributed by atoms with Crippen LogP contribution < -0.4 is 0 Å². The molecule has 1 aromatic heterocycles. The van der Waals surface area contributed by atoms with Crippen LogP contribution in [0.3, 0.4) is 0 Å². The second-order valence-corrected chi connectivity index (χ2v) is 6.07. The van der Waals surface area contributed by atoms with Crippen molar-refractivity contribution in [2.24, 2.45) is 5.11 Å². The van der Waals surface area contributed by atoms with Gasteiger partial charge in [-0.3, -0.25) is 5.41 Å². The molecule has 0 aliphatic carbocycles. The molecule has 4 rings (SSSR count). The predicted molar refractivity (Wildman–Crippen MR) is 96.9 cm³/mol. The van der Waals surface area contributed by atoms with Crippen LogP contribution in [0.4, 0.5) is 8.78 Å². The molecule has 1 heterocycles. The molecule has 0 radical (unpaired) electrons. The summed E-state index contributed by atoms with van der Waals surface area (Å²) in [7, 11) is 0. The largest absolute Gasteiger partial charge is 0.336 e. The highest BCUT2D eigenvalue weighted by atomic mass is 19.1. The lowest BCUT2D eigenvalue weighted by Crippen LogP contribution is -2.01. The Morgan fingerprint density at radius 3 is 2.31 bits per heavy atom. The fraction of sp³-hybridized carbons (Fsp3) is 0.0500. The molecule has 26 heavy (non-hydrogen) atoms. The van der Waals surface area contributed by atoms with Crippen molar-refractivity contribution in [3.05, 3.63) is 83.4 Å². The van der Waals surface area contributed by atoms with Crippen molar-refractivity contribution in [3.8, 4) is 0 Å². The molecule has 0 aliphatic heterocycles. The van der Waals surface area contributed by atoms with E-state index in [-0.39, 0.29) is 5.84 Å². The summed E-state index contributed by atoms with van der Waals surface area (Å²) in [6, 6.07) is 16.6. The highest BCUT2D eigenvalue weighted by molar-refractivity contribution is 6.11. The summed E-state index contributed by atoms with van der Waals surface area (Å²) in [6.45, 7) is 0.318. The van der Waals surface area contributed by atoms with E-state index >= 15 is 0 Å². The van der Waals surface area contributed by atoms with Crippen molar-refractivity contribution in [2.75, 3.05) is 0 Å². The fourth-order valence-corrected chi connectivity index (χ4v) is 3.32. The van der Waals surface area contributed by atoms with Crippen molar-refractivity contribution in [3.63, 3.8) is 0 Å². The molecule has 6 heteroatoms. The van der Waals surface area contributed by atoms with E-state index in [1.165, 1.54) is 12.1 Å². The molecule has 0 bridgehead atoms. The van der Waals surface area contributed by atoms with Gasteiger partial charge in [-0.1, -0.05) is 18.2 Å². The average Bonchev–Trinajstić information content (AvgIpc) is 2.94. The minimum atomic E-state index is -0.603. The first kappa shape index (κ1) is 16.1. The van der Waals surface area contributed by atoms with Crippen LogP contribution >= 0.6 is 0 Å². The first-order valence-corrected chi connectivity index (χ1v) is 7.99. The number of nitrogens with zero attached hydrogens (tertiary/aromatic N) is 2. The van der Waals surface area contributed by atoms with Gasteiger partial charge in [-0.15, -0.1) is 5.11 Å². The number of fused-ring (bicyclic) bond motifs is 3. The van der Waals surface area contributed by atoms with E-state index in [1.807, 2.05) is 41.0 Å². The van der Waals surface area contributed by atoms with E-state index in [4.69, 9.17) is 10.9 Å². The van der Waals surface area contributed by atoms with Gasteiger partial charge in [0.1, 0.15) is 11.6 Å². The highest BCUT2D eigenvalue weighted by Crippen LogP contribution is 2.30. The first-order valence-electron chi connectivity index (χ1n) is 7.99. The summed E-state index contributed by atoms with van der Waals surface area (Å²) < 4.78 is 29.1. The van der Waals surface area contributed by atoms with E-state index in [9.17, 15) is 8.78 Å². The Balaban J connectivity index is 1.95. The van der Waals surface area contributed by atoms with Gasteiger partial charge in [0.15, 0.2) is 5.84 Å². The molecule has 128 valence electrons. The van der Waals surface area contributed by atoms with Gasteiger partial charge in [0.25, 0.3) is 0 Å². The summed E-state index contributed by atoms with van der Waals surface area (Å²) in [5, 5.41) is 12.8. The van der Waals surface area contributed by atoms with Crippen LogP contribution in [0.15, 0.2) is 65.8 Å². The maximum atomic E-state index is 13.6. The third kappa shape index (κ3) is 2.65. The third-order valence-electron chi connectivity index (χ3n) is 4.42. The van der Waals surface area contributed by atoms with Gasteiger partial charge < -0.3 is 4.57 Å². The van der Waals surface area contributed by atoms with Crippen LogP contribution in [0.1, 0.15) is 11.1 Å². The number of rotatable bonds is 3. The first-order chi connectivity index (χ1) is 12.6. The number of nitrogens with one attached hydrogen (secondary N) is 2. The van der Waals surface area contributed by atoms with Gasteiger partial charge in [0.2, 0.25) is 0 Å². The average molecular weight is 348 g/mol. The summed E-state index contributed by atoms with van der Waals surface area (Å²) >= 11 is 0. The van der Waals surface area contributed by atoms with Crippen LogP contribution in [0.5, 0.6) is 0 Å². The molecule has 0 unspecified atom stereocenters. The lowest BCUT2D eigenvalue weighted by molar-refractivity contribution is 0.578. The molecule has 0 fully saturated rings. The standard InChI is InChI=1S/C20H14F2N4/c21-14-7-12(8-15(22)10-14)11-26-18-4-2-1-3-16(18)17-9-13(20(23)25-24)5-6-19(17)26/h1-10,23-24H,11H2. The Morgan fingerprint density at radius 1 is 0.885 bits per heavy atom. The van der Waals surface area contributed by atoms with Crippen LogP contribution in [0, 0.1) is 22.6 Å². The van der Waals surface area contributed by atoms with Crippen LogP contribution in [0.25, 0.3) is 21.8 Å². The Bertz CT molecular complexity index is 1160. The van der Waals surface area contributed by atoms with Gasteiger partial charge in [-0.05, 0) is 42.0 Å². The number of aromatic nitrogens is 1. The smallest absolute Gasteiger partial charge is 0.173 e. The zero-order valence-electron chi connectivity index (χ0n) is 13.6. The van der Waals surface area contributed by atoms with E-state index in [2.05, 4.69) is 5.11 Å². The van der Waals surface area contributed by atoms with Crippen LogP contribution in [-0.2, 0) is 6.54 Å². The topological polar surface area (TPSA) is 65.0 Å². The van der Waals surface area contributed by atoms with Crippen molar-refractivity contribution >= 4 is 27.6 Å². The minimum absolute atomic E-state index is 0.115. The Labute approximate surface area is 147 Å². The highest BCUT2D eigenvalue weighted by Gasteiger charge is 2.13. The molecular formula is C20H14F2N4. The van der Waals surface area contributed by atoms with Crippen molar-refractivity contribution in [2.45, 2.75) is 6.54 Å². The molecule has 3 aromatic carbocycles. The maximum Gasteiger partial charge on any atom is 0.173 e. The quantitative estimate of drug-likeness (QED) is 0.280. The van der Waals surface area contributed by atoms with E-state index < -0.39 is 11.6 Å². The molecule has 4 aromatic rings. The predicted octanol–water partition coefficient (Wildman–Crippen LogP) is 5.48. The van der Waals surface area contributed by atoms with E-state index in [0.717, 1.165) is 27.9 Å². The molecule has 0 saturated carbocycles. The molecular weight excluding hydrogens is 334 g/mol. The van der Waals surface area contributed by atoms with Crippen molar-refractivity contribution < 1.29 is 8.78 Å². The minimum Gasteiger partial charge on any atom is -0.336 e. The summed E-state index contributed by atoms with van der Waals surface area (Å²) in [5.74, 6) is -1.32. The second-order valence-electron chi connectivity index (χ2n) is 6.07. The monoisotopic (exact) mass is 348 g/mol. The SMILES string of the molecule is N=NC(=N)c1ccc2c(c1)c1ccccc1n2Cc1cc(F)cc(F)c1. The zero-order chi connectivity index (χ0) is 18.3. The number of halogens is 2. The van der Waals surface area contributed by atoms with Gasteiger partial charge in [-0.2, -0.15) is 0 Å². The van der Waals surface area contributed by atoms with Gasteiger partial charge >= 0.3 is 0 Å². The Morgan fingerprint density at radius 2 is 1.58 bits per heavy atom. The summed E-state index contributed by atoms with van der Waals surface area (Å²) in [4.78, 5) is 0. The second kappa shape index (κ2) is 6.15. The lowest BCUT2D eigenvalue weighted by Gasteiger charge is -2.08. The summed E-state index contributed by atoms with van der Waals surface area (Å²) in [6.07, 6.45) is 0. The van der Waals surface area contributed by atoms with Crippen LogP contribution in [-0.4, -0.2) is 10.4 Å². The maximum absolute atomic E-state index is 13.6. The molecule has 0 amide bonds. The fourth-order valence-electron chi connectivity index (χ4n) is 3.32. The van der Waals surface area contributed by atoms with E-state index in [1.54, 1.807) is 6.07 Å². The summed E-state index contributed by atoms with van der Waals surface area (Å²) in [5.41, 5.74) is 9.93. The van der Waals surface area contributed by atoms with E-state index in [0.29, 0.717) is 17.7 Å². The van der Waals surface area contributed by atoms with Crippen molar-refractivity contribution in [1.82, 2.24) is 4.57 Å². The number of hydrogen-bond donors (Lipinski definition) is 2. The number of hydrogen-bond acceptors (Lipinski definition) is 2. The zero-order valence-corrected chi connectivity index (χ0v) is 13.6. The van der Waals surface area contributed by atoms with Gasteiger partial charge in [0, 0.05) is 40.0 Å². The molecule has 0 atom stereocenters. The number of amidine groups is 1. The lowest BCUT2D eigenvalue weighted by atomic mass is 10.1. The third-order valence-corrected chi connectivity index (χ3v) is 4.42. The Hall–Kier alpha value is -3.41. The number of benzene rings is 3. The van der Waals surface area contributed by atoms with Crippen molar-refractivity contribution in [1.29, 1.82) is 10.9 Å². The molecule has 0 saturated heterocycles. The molecule has 2 N–H and O–H groups in total. The molecule has 0 spiro atoms. The Kier molecular flexibility index (Phi) is 3.80. The van der Waals surface area contributed by atoms with Crippen LogP contribution in [0.2, 0.25) is 0 Å².